The Balaban J connectivity index is 0.00000272. The molecule has 0 saturated heterocycles. The first kappa shape index (κ1) is 22.8. The maximum atomic E-state index is 12.9. The minimum absolute atomic E-state index is 0. The second-order valence-electron chi connectivity index (χ2n) is 7.15. The molecular formula is C24H22ClF3N2O. The summed E-state index contributed by atoms with van der Waals surface area (Å²) in [5, 5.41) is 3.42. The van der Waals surface area contributed by atoms with E-state index < -0.39 is 11.7 Å². The third-order valence-corrected chi connectivity index (χ3v) is 4.99. The lowest BCUT2D eigenvalue weighted by atomic mass is 9.95. The zero-order valence-corrected chi connectivity index (χ0v) is 17.4. The van der Waals surface area contributed by atoms with Crippen molar-refractivity contribution in [1.29, 1.82) is 0 Å². The van der Waals surface area contributed by atoms with Crippen molar-refractivity contribution < 1.29 is 17.9 Å². The predicted molar refractivity (Wildman–Crippen MR) is 117 cm³/mol. The number of benzene rings is 3. The van der Waals surface area contributed by atoms with Crippen molar-refractivity contribution in [1.82, 2.24) is 5.32 Å². The molecule has 0 fully saturated rings. The van der Waals surface area contributed by atoms with E-state index in [9.17, 15) is 13.2 Å². The molecule has 162 valence electrons. The van der Waals surface area contributed by atoms with Gasteiger partial charge in [0.2, 0.25) is 0 Å². The molecule has 1 aliphatic rings. The van der Waals surface area contributed by atoms with Crippen LogP contribution in [0.1, 0.15) is 34.3 Å². The molecule has 7 heteroatoms. The van der Waals surface area contributed by atoms with Crippen LogP contribution >= 0.6 is 12.4 Å². The molecule has 0 bridgehead atoms. The summed E-state index contributed by atoms with van der Waals surface area (Å²) in [5.41, 5.74) is 2.01. The number of rotatable bonds is 6. The minimum atomic E-state index is -4.36. The first-order chi connectivity index (χ1) is 14.5. The standard InChI is InChI=1S/C24H21F3N2O.ClH/c25-24(26,27)20-13-7-8-17(14-20)15-30-16-21-28-22(18-9-3-1-4-10-18)23(29-21)19-11-5-2-6-12-19;/h1-14,22-23H,15-16H2,(H,28,29);1H/t22-,23+;. The molecule has 3 aromatic rings. The lowest BCUT2D eigenvalue weighted by Gasteiger charge is -2.19. The van der Waals surface area contributed by atoms with Crippen LogP contribution in [0.25, 0.3) is 0 Å². The van der Waals surface area contributed by atoms with Crippen molar-refractivity contribution in [2.24, 2.45) is 4.99 Å². The maximum Gasteiger partial charge on any atom is 0.416 e. The average Bonchev–Trinajstić information content (AvgIpc) is 3.19. The molecular weight excluding hydrogens is 425 g/mol. The molecule has 0 spiro atoms. The Kier molecular flexibility index (Phi) is 7.36. The Morgan fingerprint density at radius 3 is 2.10 bits per heavy atom. The summed E-state index contributed by atoms with van der Waals surface area (Å²) in [4.78, 5) is 4.80. The number of nitrogens with one attached hydrogen (secondary N) is 1. The van der Waals surface area contributed by atoms with Gasteiger partial charge in [-0.25, -0.2) is 0 Å². The number of halogens is 4. The summed E-state index contributed by atoms with van der Waals surface area (Å²) in [6.07, 6.45) is -4.36. The van der Waals surface area contributed by atoms with E-state index in [1.807, 2.05) is 48.5 Å². The molecule has 0 saturated carbocycles. The Labute approximate surface area is 185 Å². The van der Waals surface area contributed by atoms with Crippen LogP contribution < -0.4 is 5.32 Å². The second kappa shape index (κ2) is 9.98. The third-order valence-electron chi connectivity index (χ3n) is 4.99. The quantitative estimate of drug-likeness (QED) is 0.494. The molecule has 0 aromatic heterocycles. The Morgan fingerprint density at radius 2 is 1.45 bits per heavy atom. The number of alkyl halides is 3. The SMILES string of the molecule is Cl.FC(F)(F)c1cccc(COCC2=N[C@H](c3ccccc3)[C@H](c3ccccc3)N2)c1. The Hall–Kier alpha value is -2.83. The van der Waals surface area contributed by atoms with Crippen LogP contribution in [0.5, 0.6) is 0 Å². The van der Waals surface area contributed by atoms with Gasteiger partial charge in [0, 0.05) is 0 Å². The molecule has 1 N–H and O–H groups in total. The zero-order valence-electron chi connectivity index (χ0n) is 16.5. The van der Waals surface area contributed by atoms with Crippen LogP contribution in [0, 0.1) is 0 Å². The fourth-order valence-corrected chi connectivity index (χ4v) is 3.56. The number of aliphatic imine (C=N–C) groups is 1. The lowest BCUT2D eigenvalue weighted by Crippen LogP contribution is -2.27. The normalized spacial score (nSPS) is 18.1. The van der Waals surface area contributed by atoms with Gasteiger partial charge in [0.1, 0.15) is 18.5 Å². The Bertz CT molecular complexity index is 1010. The summed E-state index contributed by atoms with van der Waals surface area (Å²) in [6.45, 7) is 0.277. The number of nitrogens with zero attached hydrogens (tertiary/aromatic N) is 1. The van der Waals surface area contributed by atoms with Gasteiger partial charge in [-0.1, -0.05) is 72.8 Å². The highest BCUT2D eigenvalue weighted by Crippen LogP contribution is 2.36. The van der Waals surface area contributed by atoms with Gasteiger partial charge < -0.3 is 10.1 Å². The third kappa shape index (κ3) is 5.66. The van der Waals surface area contributed by atoms with Crippen molar-refractivity contribution in [3.05, 3.63) is 107 Å². The van der Waals surface area contributed by atoms with E-state index >= 15 is 0 Å². The summed E-state index contributed by atoms with van der Waals surface area (Å²) in [5.74, 6) is 0.685. The largest absolute Gasteiger partial charge is 0.416 e. The van der Waals surface area contributed by atoms with Crippen LogP contribution in [-0.4, -0.2) is 12.4 Å². The van der Waals surface area contributed by atoms with Crippen molar-refractivity contribution in [3.8, 4) is 0 Å². The van der Waals surface area contributed by atoms with E-state index in [1.54, 1.807) is 6.07 Å². The first-order valence-electron chi connectivity index (χ1n) is 9.68. The summed E-state index contributed by atoms with van der Waals surface area (Å²) in [6, 6.07) is 25.1. The van der Waals surface area contributed by atoms with Crippen molar-refractivity contribution in [2.45, 2.75) is 24.9 Å². The molecule has 0 amide bonds. The molecule has 3 nitrogen and oxygen atoms in total. The smallest absolute Gasteiger partial charge is 0.369 e. The van der Waals surface area contributed by atoms with Gasteiger partial charge in [0.25, 0.3) is 0 Å². The maximum absolute atomic E-state index is 12.9. The van der Waals surface area contributed by atoms with E-state index in [4.69, 9.17) is 9.73 Å². The fraction of sp³-hybridized carbons (Fsp3) is 0.208. The molecule has 3 aromatic carbocycles. The topological polar surface area (TPSA) is 33.6 Å². The van der Waals surface area contributed by atoms with Crippen LogP contribution in [0.4, 0.5) is 13.2 Å². The van der Waals surface area contributed by atoms with E-state index in [-0.39, 0.29) is 37.7 Å². The van der Waals surface area contributed by atoms with Crippen molar-refractivity contribution in [2.75, 3.05) is 6.61 Å². The second-order valence-corrected chi connectivity index (χ2v) is 7.15. The Morgan fingerprint density at radius 1 is 0.806 bits per heavy atom. The molecule has 2 atom stereocenters. The number of hydrogen-bond acceptors (Lipinski definition) is 3. The highest BCUT2D eigenvalue weighted by molar-refractivity contribution is 5.86. The molecule has 0 radical (unpaired) electrons. The predicted octanol–water partition coefficient (Wildman–Crippen LogP) is 6.13. The van der Waals surface area contributed by atoms with E-state index in [0.29, 0.717) is 11.4 Å². The van der Waals surface area contributed by atoms with Gasteiger partial charge in [-0.2, -0.15) is 13.2 Å². The molecule has 0 aliphatic carbocycles. The van der Waals surface area contributed by atoms with Crippen molar-refractivity contribution >= 4 is 18.2 Å². The van der Waals surface area contributed by atoms with Gasteiger partial charge in [-0.3, -0.25) is 4.99 Å². The number of hydrogen-bond donors (Lipinski definition) is 1. The molecule has 1 aliphatic heterocycles. The molecule has 4 rings (SSSR count). The average molecular weight is 447 g/mol. The molecule has 31 heavy (non-hydrogen) atoms. The van der Waals surface area contributed by atoms with E-state index in [0.717, 1.165) is 23.3 Å². The minimum Gasteiger partial charge on any atom is -0.369 e. The highest BCUT2D eigenvalue weighted by atomic mass is 35.5. The fourth-order valence-electron chi connectivity index (χ4n) is 3.56. The van der Waals surface area contributed by atoms with Gasteiger partial charge in [0.15, 0.2) is 0 Å². The van der Waals surface area contributed by atoms with Gasteiger partial charge in [0.05, 0.1) is 18.2 Å². The van der Waals surface area contributed by atoms with Crippen LogP contribution in [0.2, 0.25) is 0 Å². The van der Waals surface area contributed by atoms with Crippen LogP contribution in [-0.2, 0) is 17.5 Å². The molecule has 0 unspecified atom stereocenters. The van der Waals surface area contributed by atoms with E-state index in [2.05, 4.69) is 17.4 Å². The van der Waals surface area contributed by atoms with E-state index in [1.165, 1.54) is 6.07 Å². The lowest BCUT2D eigenvalue weighted by molar-refractivity contribution is -0.137. The molecule has 1 heterocycles. The van der Waals surface area contributed by atoms with Crippen LogP contribution in [0.3, 0.4) is 0 Å². The summed E-state index contributed by atoms with van der Waals surface area (Å²) >= 11 is 0. The number of amidine groups is 1. The number of ether oxygens (including phenoxy) is 1. The monoisotopic (exact) mass is 446 g/mol. The zero-order chi connectivity index (χ0) is 21.0. The van der Waals surface area contributed by atoms with Crippen molar-refractivity contribution in [3.63, 3.8) is 0 Å². The highest BCUT2D eigenvalue weighted by Gasteiger charge is 2.31. The summed E-state index contributed by atoms with van der Waals surface area (Å²) < 4.78 is 44.3. The first-order valence-corrected chi connectivity index (χ1v) is 9.68. The van der Waals surface area contributed by atoms with Gasteiger partial charge in [-0.05, 0) is 28.8 Å². The van der Waals surface area contributed by atoms with Gasteiger partial charge in [-0.15, -0.1) is 12.4 Å². The van der Waals surface area contributed by atoms with Crippen LogP contribution in [0.15, 0.2) is 89.9 Å². The van der Waals surface area contributed by atoms with Gasteiger partial charge >= 0.3 is 6.18 Å². The summed E-state index contributed by atoms with van der Waals surface area (Å²) in [7, 11) is 0.